The Hall–Kier alpha value is -1.28. The summed E-state index contributed by atoms with van der Waals surface area (Å²) in [5.41, 5.74) is 1.73. The molecule has 6 heteroatoms. The number of carbonyl (C=O) groups excluding carboxylic acids is 1. The molecule has 1 saturated carbocycles. The van der Waals surface area contributed by atoms with E-state index < -0.39 is 26.3 Å². The molecule has 124 valence electrons. The van der Waals surface area contributed by atoms with Crippen molar-refractivity contribution in [3.05, 3.63) is 63.0 Å². The second kappa shape index (κ2) is 5.36. The molecule has 0 N–H and O–H groups in total. The number of sulfone groups is 1. The number of aryl methyl sites for hydroxylation is 1. The van der Waals surface area contributed by atoms with Crippen LogP contribution in [-0.2, 0) is 25.8 Å². The van der Waals surface area contributed by atoms with Gasteiger partial charge in [0.2, 0.25) is 0 Å². The van der Waals surface area contributed by atoms with Gasteiger partial charge in [-0.3, -0.25) is 0 Å². The summed E-state index contributed by atoms with van der Waals surface area (Å²) in [6, 6.07) is 10.6. The maximum atomic E-state index is 13.4. The second-order valence-electron chi connectivity index (χ2n) is 6.36. The van der Waals surface area contributed by atoms with Crippen LogP contribution in [0.5, 0.6) is 0 Å². The highest BCUT2D eigenvalue weighted by Gasteiger charge is 2.74. The fourth-order valence-corrected chi connectivity index (χ4v) is 7.33. The molecule has 2 aliphatic carbocycles. The minimum atomic E-state index is -3.79. The van der Waals surface area contributed by atoms with Crippen molar-refractivity contribution in [2.75, 3.05) is 0 Å². The molecule has 24 heavy (non-hydrogen) atoms. The zero-order valence-corrected chi connectivity index (χ0v) is 15.6. The van der Waals surface area contributed by atoms with Gasteiger partial charge in [-0.2, -0.15) is 0 Å². The standard InChI is InChI=1S/C18H14FIO3S/c19-12-2-5-14(6-3-12)24(22,23)18-15-8-4-13(20)9-11(15)1-7-16(18)17(18)10-21/h2-6,8-10,16-17H,1,7H2. The Morgan fingerprint density at radius 3 is 2.54 bits per heavy atom. The molecule has 3 nitrogen and oxygen atoms in total. The number of fused-ring (bicyclic) bond motifs is 3. The van der Waals surface area contributed by atoms with Gasteiger partial charge in [-0.1, -0.05) is 6.07 Å². The third kappa shape index (κ3) is 1.98. The number of aldehydes is 1. The largest absolute Gasteiger partial charge is 0.303 e. The number of halogens is 2. The lowest BCUT2D eigenvalue weighted by molar-refractivity contribution is -0.109. The van der Waals surface area contributed by atoms with Crippen molar-refractivity contribution in [1.82, 2.24) is 0 Å². The first-order valence-corrected chi connectivity index (χ1v) is 10.2. The molecule has 0 aromatic heterocycles. The number of rotatable bonds is 3. The predicted octanol–water partition coefficient (Wildman–Crippen LogP) is 3.49. The number of hydrogen-bond donors (Lipinski definition) is 0. The van der Waals surface area contributed by atoms with Gasteiger partial charge in [0, 0.05) is 9.49 Å². The Morgan fingerprint density at radius 2 is 1.88 bits per heavy atom. The Labute approximate surface area is 153 Å². The van der Waals surface area contributed by atoms with Crippen molar-refractivity contribution in [3.8, 4) is 0 Å². The van der Waals surface area contributed by atoms with Gasteiger partial charge in [-0.05, 0) is 88.9 Å². The maximum Gasteiger partial charge on any atom is 0.189 e. The van der Waals surface area contributed by atoms with Gasteiger partial charge in [-0.15, -0.1) is 0 Å². The SMILES string of the molecule is O=CC1C2CCc3cc(I)ccc3C12S(=O)(=O)c1ccc(F)cc1. The summed E-state index contributed by atoms with van der Waals surface area (Å²) in [5.74, 6) is -1.21. The first-order valence-electron chi connectivity index (χ1n) is 7.67. The molecular formula is C18H14FIO3S. The van der Waals surface area contributed by atoms with Crippen molar-refractivity contribution in [2.24, 2.45) is 11.8 Å². The van der Waals surface area contributed by atoms with E-state index in [0.29, 0.717) is 6.42 Å². The van der Waals surface area contributed by atoms with Crippen LogP contribution in [0.3, 0.4) is 0 Å². The maximum absolute atomic E-state index is 13.4. The molecule has 0 saturated heterocycles. The van der Waals surface area contributed by atoms with E-state index in [4.69, 9.17) is 0 Å². The van der Waals surface area contributed by atoms with Gasteiger partial charge in [0.05, 0.1) is 4.90 Å². The lowest BCUT2D eigenvalue weighted by atomic mass is 9.91. The molecule has 3 atom stereocenters. The van der Waals surface area contributed by atoms with E-state index in [1.54, 1.807) is 0 Å². The van der Waals surface area contributed by atoms with E-state index >= 15 is 0 Å². The van der Waals surface area contributed by atoms with Gasteiger partial charge >= 0.3 is 0 Å². The molecule has 2 aromatic rings. The molecule has 0 heterocycles. The minimum absolute atomic E-state index is 0.0738. The van der Waals surface area contributed by atoms with Gasteiger partial charge in [0.15, 0.2) is 9.84 Å². The number of benzene rings is 2. The van der Waals surface area contributed by atoms with E-state index in [9.17, 15) is 17.6 Å². The smallest absolute Gasteiger partial charge is 0.189 e. The van der Waals surface area contributed by atoms with Gasteiger partial charge in [-0.25, -0.2) is 12.8 Å². The average molecular weight is 456 g/mol. The van der Waals surface area contributed by atoms with Crippen molar-refractivity contribution in [3.63, 3.8) is 0 Å². The summed E-state index contributed by atoms with van der Waals surface area (Å²) in [5, 5.41) is 0. The van der Waals surface area contributed by atoms with Crippen LogP contribution < -0.4 is 0 Å². The third-order valence-corrected chi connectivity index (χ3v) is 8.55. The highest BCUT2D eigenvalue weighted by atomic mass is 127. The molecule has 0 bridgehead atoms. The van der Waals surface area contributed by atoms with Crippen LogP contribution in [0.4, 0.5) is 4.39 Å². The third-order valence-electron chi connectivity index (χ3n) is 5.30. The summed E-state index contributed by atoms with van der Waals surface area (Å²) in [6.07, 6.45) is 2.23. The van der Waals surface area contributed by atoms with Crippen LogP contribution in [0.15, 0.2) is 47.4 Å². The molecule has 0 spiro atoms. The van der Waals surface area contributed by atoms with Crippen molar-refractivity contribution in [1.29, 1.82) is 0 Å². The Kier molecular flexibility index (Phi) is 3.62. The minimum Gasteiger partial charge on any atom is -0.303 e. The monoisotopic (exact) mass is 456 g/mol. The summed E-state index contributed by atoms with van der Waals surface area (Å²) in [4.78, 5) is 11.7. The van der Waals surface area contributed by atoms with E-state index in [1.165, 1.54) is 12.1 Å². The van der Waals surface area contributed by atoms with Crippen LogP contribution in [-0.4, -0.2) is 14.7 Å². The lowest BCUT2D eigenvalue weighted by Gasteiger charge is -2.26. The summed E-state index contributed by atoms with van der Waals surface area (Å²) >= 11 is 2.20. The summed E-state index contributed by atoms with van der Waals surface area (Å²) in [6.45, 7) is 0. The van der Waals surface area contributed by atoms with Crippen LogP contribution in [0, 0.1) is 21.2 Å². The van der Waals surface area contributed by atoms with E-state index in [2.05, 4.69) is 22.6 Å². The number of carbonyl (C=O) groups is 1. The van der Waals surface area contributed by atoms with E-state index in [1.807, 2.05) is 18.2 Å². The first kappa shape index (κ1) is 16.2. The number of hydrogen-bond acceptors (Lipinski definition) is 3. The zero-order chi connectivity index (χ0) is 17.1. The van der Waals surface area contributed by atoms with Crippen molar-refractivity contribution >= 4 is 38.7 Å². The molecule has 0 radical (unpaired) electrons. The van der Waals surface area contributed by atoms with Crippen LogP contribution in [0.2, 0.25) is 0 Å². The molecule has 1 fully saturated rings. The fraction of sp³-hybridized carbons (Fsp3) is 0.278. The Morgan fingerprint density at radius 1 is 1.17 bits per heavy atom. The van der Waals surface area contributed by atoms with E-state index in [-0.39, 0.29) is 10.8 Å². The van der Waals surface area contributed by atoms with Gasteiger partial charge < -0.3 is 4.79 Å². The lowest BCUT2D eigenvalue weighted by Crippen LogP contribution is -2.29. The van der Waals surface area contributed by atoms with Crippen molar-refractivity contribution < 1.29 is 17.6 Å². The molecule has 2 aliphatic rings. The molecule has 4 rings (SSSR count). The van der Waals surface area contributed by atoms with Crippen LogP contribution in [0.25, 0.3) is 0 Å². The van der Waals surface area contributed by atoms with Gasteiger partial charge in [0.25, 0.3) is 0 Å². The highest BCUT2D eigenvalue weighted by molar-refractivity contribution is 14.1. The summed E-state index contributed by atoms with van der Waals surface area (Å²) in [7, 11) is -3.79. The predicted molar refractivity (Wildman–Crippen MR) is 95.8 cm³/mol. The second-order valence-corrected chi connectivity index (χ2v) is 9.76. The quantitative estimate of drug-likeness (QED) is 0.404. The highest BCUT2D eigenvalue weighted by Crippen LogP contribution is 2.68. The van der Waals surface area contributed by atoms with Crippen LogP contribution >= 0.6 is 22.6 Å². The van der Waals surface area contributed by atoms with Crippen LogP contribution in [0.1, 0.15) is 17.5 Å². The summed E-state index contributed by atoms with van der Waals surface area (Å²) < 4.78 is 39.8. The molecule has 0 aliphatic heterocycles. The molecule has 0 amide bonds. The topological polar surface area (TPSA) is 51.2 Å². The fourth-order valence-electron chi connectivity index (χ4n) is 4.22. The Balaban J connectivity index is 1.95. The molecule has 2 aromatic carbocycles. The normalized spacial score (nSPS) is 27.9. The first-order chi connectivity index (χ1) is 11.4. The van der Waals surface area contributed by atoms with E-state index in [0.717, 1.165) is 39.5 Å². The molecular weight excluding hydrogens is 442 g/mol. The zero-order valence-electron chi connectivity index (χ0n) is 12.6. The van der Waals surface area contributed by atoms with Crippen molar-refractivity contribution in [2.45, 2.75) is 22.5 Å². The van der Waals surface area contributed by atoms with Gasteiger partial charge in [0.1, 0.15) is 16.9 Å². The average Bonchev–Trinajstić information content (AvgIpc) is 3.25. The molecule has 3 unspecified atom stereocenters. The Bertz CT molecular complexity index is 939.